The number of pyridine rings is 1. The minimum Gasteiger partial charge on any atom is -0.357 e. The van der Waals surface area contributed by atoms with Gasteiger partial charge >= 0.3 is 0 Å². The van der Waals surface area contributed by atoms with E-state index in [1.165, 1.54) is 0 Å². The van der Waals surface area contributed by atoms with Crippen LogP contribution in [0.1, 0.15) is 39.3 Å². The van der Waals surface area contributed by atoms with Gasteiger partial charge < -0.3 is 4.90 Å². The first kappa shape index (κ1) is 18.5. The van der Waals surface area contributed by atoms with Crippen LogP contribution in [0.4, 0.5) is 5.82 Å². The number of rotatable bonds is 3. The van der Waals surface area contributed by atoms with Crippen LogP contribution in [-0.4, -0.2) is 37.8 Å². The van der Waals surface area contributed by atoms with Gasteiger partial charge in [-0.25, -0.2) is 14.6 Å². The van der Waals surface area contributed by atoms with Crippen molar-refractivity contribution in [1.29, 1.82) is 0 Å². The number of aromatic nitrogens is 5. The second kappa shape index (κ2) is 7.30. The fourth-order valence-corrected chi connectivity index (χ4v) is 3.59. The highest BCUT2D eigenvalue weighted by atomic mass is 16.1. The summed E-state index contributed by atoms with van der Waals surface area (Å²) >= 11 is 0. The van der Waals surface area contributed by atoms with Gasteiger partial charge in [-0.1, -0.05) is 20.8 Å². The summed E-state index contributed by atoms with van der Waals surface area (Å²) in [6.45, 7) is 8.85. The molecule has 0 spiro atoms. The van der Waals surface area contributed by atoms with Gasteiger partial charge in [0, 0.05) is 43.5 Å². The Bertz CT molecular complexity index is 1030. The Morgan fingerprint density at radius 3 is 2.54 bits per heavy atom. The van der Waals surface area contributed by atoms with Crippen molar-refractivity contribution < 1.29 is 0 Å². The molecule has 0 unspecified atom stereocenters. The summed E-state index contributed by atoms with van der Waals surface area (Å²) in [4.78, 5) is 27.8. The number of fused-ring (bicyclic) bond motifs is 1. The highest BCUT2D eigenvalue weighted by Crippen LogP contribution is 2.24. The first-order valence-electron chi connectivity index (χ1n) is 9.81. The van der Waals surface area contributed by atoms with E-state index in [9.17, 15) is 4.79 Å². The van der Waals surface area contributed by atoms with Crippen LogP contribution in [0.5, 0.6) is 0 Å². The molecule has 0 aromatic carbocycles. The van der Waals surface area contributed by atoms with Gasteiger partial charge in [0.15, 0.2) is 5.65 Å². The van der Waals surface area contributed by atoms with E-state index in [0.29, 0.717) is 18.1 Å². The Balaban J connectivity index is 1.43. The lowest BCUT2D eigenvalue weighted by Crippen LogP contribution is -2.37. The Hall–Kier alpha value is -2.83. The SMILES string of the molecule is CC(C)(C)c1ccc(=O)n(CC2CCN(c3ccc4nccnc4n3)CC2)n1. The van der Waals surface area contributed by atoms with Gasteiger partial charge in [0.1, 0.15) is 11.3 Å². The molecule has 28 heavy (non-hydrogen) atoms. The lowest BCUT2D eigenvalue weighted by atomic mass is 9.92. The van der Waals surface area contributed by atoms with Crippen LogP contribution >= 0.6 is 0 Å². The number of hydrogen-bond donors (Lipinski definition) is 0. The standard InChI is InChI=1S/C21H26N6O/c1-21(2,3)17-5-7-19(28)27(25-17)14-15-8-12-26(13-9-15)18-6-4-16-20(24-18)23-11-10-22-16/h4-7,10-11,15H,8-9,12-14H2,1-3H3. The molecule has 146 valence electrons. The van der Waals surface area contributed by atoms with E-state index in [4.69, 9.17) is 0 Å². The average molecular weight is 378 g/mol. The van der Waals surface area contributed by atoms with Gasteiger partial charge in [0.05, 0.1) is 5.69 Å². The zero-order chi connectivity index (χ0) is 19.7. The van der Waals surface area contributed by atoms with Crippen LogP contribution in [0.15, 0.2) is 41.5 Å². The summed E-state index contributed by atoms with van der Waals surface area (Å²) < 4.78 is 1.64. The molecule has 0 aliphatic carbocycles. The van der Waals surface area contributed by atoms with E-state index >= 15 is 0 Å². The van der Waals surface area contributed by atoms with Crippen molar-refractivity contribution in [3.63, 3.8) is 0 Å². The summed E-state index contributed by atoms with van der Waals surface area (Å²) in [5.74, 6) is 1.38. The number of anilines is 1. The molecule has 4 rings (SSSR count). The smallest absolute Gasteiger partial charge is 0.266 e. The highest BCUT2D eigenvalue weighted by Gasteiger charge is 2.23. The second-order valence-electron chi connectivity index (χ2n) is 8.49. The first-order chi connectivity index (χ1) is 13.4. The molecule has 4 heterocycles. The highest BCUT2D eigenvalue weighted by molar-refractivity contribution is 5.71. The second-order valence-corrected chi connectivity index (χ2v) is 8.49. The molecular formula is C21H26N6O. The number of nitrogens with zero attached hydrogens (tertiary/aromatic N) is 6. The molecule has 0 saturated carbocycles. The van der Waals surface area contributed by atoms with E-state index in [2.05, 4.69) is 45.7 Å². The Morgan fingerprint density at radius 2 is 1.79 bits per heavy atom. The van der Waals surface area contributed by atoms with Crippen LogP contribution < -0.4 is 10.5 Å². The molecule has 0 amide bonds. The van der Waals surface area contributed by atoms with Gasteiger partial charge in [-0.15, -0.1) is 0 Å². The predicted molar refractivity (Wildman–Crippen MR) is 109 cm³/mol. The van der Waals surface area contributed by atoms with E-state index in [1.54, 1.807) is 23.1 Å². The topological polar surface area (TPSA) is 76.8 Å². The van der Waals surface area contributed by atoms with Gasteiger partial charge in [-0.05, 0) is 37.0 Å². The van der Waals surface area contributed by atoms with E-state index in [0.717, 1.165) is 43.0 Å². The molecule has 1 saturated heterocycles. The van der Waals surface area contributed by atoms with Crippen molar-refractivity contribution in [2.75, 3.05) is 18.0 Å². The minimum atomic E-state index is -0.0660. The normalized spacial score (nSPS) is 15.9. The third-order valence-electron chi connectivity index (χ3n) is 5.32. The van der Waals surface area contributed by atoms with Crippen molar-refractivity contribution in [1.82, 2.24) is 24.7 Å². The maximum atomic E-state index is 12.2. The molecule has 0 atom stereocenters. The largest absolute Gasteiger partial charge is 0.357 e. The molecule has 3 aromatic heterocycles. The quantitative estimate of drug-likeness (QED) is 0.697. The van der Waals surface area contributed by atoms with Crippen LogP contribution in [0.3, 0.4) is 0 Å². The molecule has 1 fully saturated rings. The van der Waals surface area contributed by atoms with Crippen LogP contribution in [0.2, 0.25) is 0 Å². The van der Waals surface area contributed by atoms with Crippen molar-refractivity contribution in [2.45, 2.75) is 45.6 Å². The van der Waals surface area contributed by atoms with Gasteiger partial charge in [0.25, 0.3) is 5.56 Å². The molecule has 7 nitrogen and oxygen atoms in total. The predicted octanol–water partition coefficient (Wildman–Crippen LogP) is 2.80. The Labute approximate surface area is 164 Å². The van der Waals surface area contributed by atoms with Crippen molar-refractivity contribution in [2.24, 2.45) is 5.92 Å². The lowest BCUT2D eigenvalue weighted by molar-refractivity contribution is 0.329. The zero-order valence-corrected chi connectivity index (χ0v) is 16.7. The van der Waals surface area contributed by atoms with Gasteiger partial charge in [0.2, 0.25) is 0 Å². The van der Waals surface area contributed by atoms with Gasteiger partial charge in [-0.2, -0.15) is 5.10 Å². The molecule has 0 bridgehead atoms. The van der Waals surface area contributed by atoms with Crippen LogP contribution in [0.25, 0.3) is 11.2 Å². The lowest BCUT2D eigenvalue weighted by Gasteiger charge is -2.33. The molecular weight excluding hydrogens is 352 g/mol. The third kappa shape index (κ3) is 3.88. The maximum absolute atomic E-state index is 12.2. The third-order valence-corrected chi connectivity index (χ3v) is 5.32. The molecule has 0 radical (unpaired) electrons. The van der Waals surface area contributed by atoms with Crippen molar-refractivity contribution in [3.05, 3.63) is 52.7 Å². The zero-order valence-electron chi connectivity index (χ0n) is 16.7. The number of piperidine rings is 1. The summed E-state index contributed by atoms with van der Waals surface area (Å²) in [5, 5.41) is 4.61. The Kier molecular flexibility index (Phi) is 4.83. The summed E-state index contributed by atoms with van der Waals surface area (Å²) in [6, 6.07) is 7.47. The van der Waals surface area contributed by atoms with Crippen molar-refractivity contribution in [3.8, 4) is 0 Å². The molecule has 1 aliphatic heterocycles. The molecule has 1 aliphatic rings. The summed E-state index contributed by atoms with van der Waals surface area (Å²) in [7, 11) is 0. The minimum absolute atomic E-state index is 0.0230. The fourth-order valence-electron chi connectivity index (χ4n) is 3.59. The van der Waals surface area contributed by atoms with E-state index < -0.39 is 0 Å². The maximum Gasteiger partial charge on any atom is 0.266 e. The van der Waals surface area contributed by atoms with E-state index in [-0.39, 0.29) is 11.0 Å². The van der Waals surface area contributed by atoms with Crippen LogP contribution in [-0.2, 0) is 12.0 Å². The van der Waals surface area contributed by atoms with Gasteiger partial charge in [-0.3, -0.25) is 9.78 Å². The summed E-state index contributed by atoms with van der Waals surface area (Å²) in [6.07, 6.45) is 5.36. The first-order valence-corrected chi connectivity index (χ1v) is 9.81. The Morgan fingerprint density at radius 1 is 1.04 bits per heavy atom. The molecule has 3 aromatic rings. The molecule has 0 N–H and O–H groups in total. The van der Waals surface area contributed by atoms with E-state index in [1.807, 2.05) is 18.2 Å². The average Bonchev–Trinajstić information content (AvgIpc) is 2.69. The fraction of sp³-hybridized carbons (Fsp3) is 0.476. The summed E-state index contributed by atoms with van der Waals surface area (Å²) in [5.41, 5.74) is 2.35. The monoisotopic (exact) mass is 378 g/mol. The van der Waals surface area contributed by atoms with Crippen molar-refractivity contribution >= 4 is 17.0 Å². The number of hydrogen-bond acceptors (Lipinski definition) is 6. The van der Waals surface area contributed by atoms with Crippen LogP contribution in [0, 0.1) is 5.92 Å². The molecule has 7 heteroatoms.